The van der Waals surface area contributed by atoms with Gasteiger partial charge in [-0.2, -0.15) is 4.31 Å². The molecule has 5 rings (SSSR count). The van der Waals surface area contributed by atoms with Crippen molar-refractivity contribution in [3.63, 3.8) is 0 Å². The van der Waals surface area contributed by atoms with Crippen molar-refractivity contribution in [3.8, 4) is 0 Å². The Balaban J connectivity index is 1.48. The molecule has 1 aliphatic heterocycles. The minimum Gasteiger partial charge on any atom is -0.462 e. The molecule has 8 nitrogen and oxygen atoms in total. The highest BCUT2D eigenvalue weighted by Crippen LogP contribution is 2.35. The molecule has 0 bridgehead atoms. The number of esters is 1. The van der Waals surface area contributed by atoms with E-state index in [9.17, 15) is 18.0 Å². The van der Waals surface area contributed by atoms with Gasteiger partial charge in [0.25, 0.3) is 5.91 Å². The molecule has 0 fully saturated rings. The predicted molar refractivity (Wildman–Crippen MR) is 164 cm³/mol. The van der Waals surface area contributed by atoms with E-state index in [1.807, 2.05) is 55.5 Å². The van der Waals surface area contributed by atoms with Crippen LogP contribution in [-0.2, 0) is 37.4 Å². The summed E-state index contributed by atoms with van der Waals surface area (Å²) >= 11 is 0. The smallest absolute Gasteiger partial charge is 0.340 e. The summed E-state index contributed by atoms with van der Waals surface area (Å²) in [5, 5.41) is 0. The van der Waals surface area contributed by atoms with Gasteiger partial charge in [0.1, 0.15) is 11.5 Å². The van der Waals surface area contributed by atoms with Gasteiger partial charge in [0.15, 0.2) is 0 Å². The van der Waals surface area contributed by atoms with E-state index in [0.29, 0.717) is 22.9 Å². The van der Waals surface area contributed by atoms with Gasteiger partial charge in [-0.3, -0.25) is 9.69 Å². The van der Waals surface area contributed by atoms with E-state index in [0.717, 1.165) is 11.1 Å². The number of aryl methyl sites for hydroxylation is 1. The number of anilines is 1. The van der Waals surface area contributed by atoms with Crippen molar-refractivity contribution in [3.05, 3.63) is 137 Å². The van der Waals surface area contributed by atoms with Crippen LogP contribution >= 0.6 is 0 Å². The molecule has 3 aromatic carbocycles. The molecule has 220 valence electrons. The number of hydrogen-bond acceptors (Lipinski definition) is 6. The Morgan fingerprint density at radius 1 is 0.884 bits per heavy atom. The number of carbonyl (C=O) groups is 2. The maximum atomic E-state index is 13.7. The second-order valence-electron chi connectivity index (χ2n) is 10.1. The molecule has 0 aliphatic carbocycles. The topological polar surface area (TPSA) is 97.1 Å². The van der Waals surface area contributed by atoms with Crippen molar-refractivity contribution in [1.29, 1.82) is 0 Å². The highest BCUT2D eigenvalue weighted by atomic mass is 32.2. The van der Waals surface area contributed by atoms with Crippen molar-refractivity contribution in [2.45, 2.75) is 38.8 Å². The van der Waals surface area contributed by atoms with Gasteiger partial charge in [-0.05, 0) is 68.8 Å². The number of para-hydroxylation sites is 1. The zero-order valence-electron chi connectivity index (χ0n) is 24.2. The van der Waals surface area contributed by atoms with Gasteiger partial charge >= 0.3 is 5.97 Å². The lowest BCUT2D eigenvalue weighted by atomic mass is 10.1. The molecule has 43 heavy (non-hydrogen) atoms. The number of hydrogen-bond donors (Lipinski definition) is 0. The molecule has 0 spiro atoms. The highest BCUT2D eigenvalue weighted by Gasteiger charge is 2.38. The van der Waals surface area contributed by atoms with Crippen LogP contribution < -0.4 is 4.90 Å². The first-order chi connectivity index (χ1) is 20.7. The van der Waals surface area contributed by atoms with Crippen LogP contribution in [0.4, 0.5) is 5.69 Å². The van der Waals surface area contributed by atoms with Crippen LogP contribution in [0.1, 0.15) is 36.5 Å². The van der Waals surface area contributed by atoms with Crippen LogP contribution in [0.2, 0.25) is 0 Å². The summed E-state index contributed by atoms with van der Waals surface area (Å²) in [4.78, 5) is 28.2. The number of carbonyl (C=O) groups excluding carboxylic acids is 2. The van der Waals surface area contributed by atoms with Crippen LogP contribution in [0.5, 0.6) is 0 Å². The van der Waals surface area contributed by atoms with E-state index < -0.39 is 21.9 Å². The minimum atomic E-state index is -3.88. The molecule has 0 unspecified atom stereocenters. The summed E-state index contributed by atoms with van der Waals surface area (Å²) in [5.74, 6) is -0.321. The molecule has 9 heteroatoms. The van der Waals surface area contributed by atoms with Gasteiger partial charge in [-0.1, -0.05) is 66.2 Å². The Morgan fingerprint density at radius 2 is 1.53 bits per heavy atom. The number of rotatable bonds is 10. The maximum absolute atomic E-state index is 13.7. The first-order valence-corrected chi connectivity index (χ1v) is 15.3. The van der Waals surface area contributed by atoms with Crippen molar-refractivity contribution >= 4 is 33.7 Å². The fourth-order valence-electron chi connectivity index (χ4n) is 4.91. The van der Waals surface area contributed by atoms with Gasteiger partial charge < -0.3 is 9.15 Å². The van der Waals surface area contributed by atoms with Crippen molar-refractivity contribution in [2.75, 3.05) is 11.5 Å². The standard InChI is InChI=1S/C34H32N2O6S/c1-4-41-34(38)32-25(3)36(27-13-9-6-10-14-27)33(37)31(32)21-28-17-18-29(42-28)23-35(22-26-11-7-5-8-12-26)43(39,40)30-19-15-24(2)16-20-30/h5-21H,4,22-23H2,1-3H3/b31-21+. The van der Waals surface area contributed by atoms with Crippen molar-refractivity contribution in [1.82, 2.24) is 4.31 Å². The molecule has 4 aromatic rings. The average molecular weight is 597 g/mol. The molecule has 0 N–H and O–H groups in total. The van der Waals surface area contributed by atoms with Gasteiger partial charge in [-0.25, -0.2) is 13.2 Å². The number of amides is 1. The van der Waals surface area contributed by atoms with Gasteiger partial charge in [-0.15, -0.1) is 0 Å². The summed E-state index contributed by atoms with van der Waals surface area (Å²) in [7, 11) is -3.88. The third-order valence-electron chi connectivity index (χ3n) is 7.06. The average Bonchev–Trinajstić information content (AvgIpc) is 3.54. The van der Waals surface area contributed by atoms with Gasteiger partial charge in [0.2, 0.25) is 10.0 Å². The first kappa shape index (κ1) is 29.8. The molecule has 1 aliphatic rings. The Bertz CT molecular complexity index is 1790. The fraction of sp³-hybridized carbons (Fsp3) is 0.176. The summed E-state index contributed by atoms with van der Waals surface area (Å²) in [5.41, 5.74) is 3.13. The number of sulfonamides is 1. The minimum absolute atomic E-state index is 0.0437. The van der Waals surface area contributed by atoms with Crippen molar-refractivity contribution < 1.29 is 27.2 Å². The number of ether oxygens (including phenoxy) is 1. The molecular formula is C34H32N2O6S. The Labute approximate surface area is 251 Å². The SMILES string of the molecule is CCOC(=O)C1=C(C)N(c2ccccc2)C(=O)/C1=C/c1ccc(CN(Cc2ccccc2)S(=O)(=O)c2ccc(C)cc2)o1. The summed E-state index contributed by atoms with van der Waals surface area (Å²) < 4.78 is 40.1. The summed E-state index contributed by atoms with van der Waals surface area (Å²) in [6.07, 6.45) is 1.50. The lowest BCUT2D eigenvalue weighted by Crippen LogP contribution is -2.30. The lowest BCUT2D eigenvalue weighted by molar-refractivity contribution is -0.138. The Morgan fingerprint density at radius 3 is 2.19 bits per heavy atom. The zero-order valence-corrected chi connectivity index (χ0v) is 25.0. The van der Waals surface area contributed by atoms with Crippen LogP contribution in [0.15, 0.2) is 123 Å². The van der Waals surface area contributed by atoms with Crippen LogP contribution in [0.3, 0.4) is 0 Å². The molecule has 1 amide bonds. The van der Waals surface area contributed by atoms with E-state index >= 15 is 0 Å². The summed E-state index contributed by atoms with van der Waals surface area (Å²) in [6.45, 7) is 5.54. The largest absolute Gasteiger partial charge is 0.462 e. The maximum Gasteiger partial charge on any atom is 0.340 e. The second kappa shape index (κ2) is 12.6. The molecule has 2 heterocycles. The lowest BCUT2D eigenvalue weighted by Gasteiger charge is -2.21. The van der Waals surface area contributed by atoms with Crippen molar-refractivity contribution in [2.24, 2.45) is 0 Å². The molecule has 0 saturated carbocycles. The van der Waals surface area contributed by atoms with Crippen LogP contribution in [0, 0.1) is 6.92 Å². The van der Waals surface area contributed by atoms with E-state index in [4.69, 9.17) is 9.15 Å². The number of furan rings is 1. The molecule has 1 aromatic heterocycles. The molecular weight excluding hydrogens is 564 g/mol. The van der Waals surface area contributed by atoms with E-state index in [1.54, 1.807) is 62.4 Å². The molecule has 0 radical (unpaired) electrons. The first-order valence-electron chi connectivity index (χ1n) is 13.9. The molecule has 0 atom stereocenters. The highest BCUT2D eigenvalue weighted by molar-refractivity contribution is 7.89. The van der Waals surface area contributed by atoms with E-state index in [2.05, 4.69) is 0 Å². The molecule has 0 saturated heterocycles. The van der Waals surface area contributed by atoms with Gasteiger partial charge in [0.05, 0.1) is 29.2 Å². The summed E-state index contributed by atoms with van der Waals surface area (Å²) in [6, 6.07) is 28.4. The quantitative estimate of drug-likeness (QED) is 0.159. The van der Waals surface area contributed by atoms with Crippen LogP contribution in [0.25, 0.3) is 6.08 Å². The monoisotopic (exact) mass is 596 g/mol. The zero-order chi connectivity index (χ0) is 30.6. The number of benzene rings is 3. The van der Waals surface area contributed by atoms with Crippen LogP contribution in [-0.4, -0.2) is 31.2 Å². The normalized spacial score (nSPS) is 14.7. The van der Waals surface area contributed by atoms with E-state index in [1.165, 1.54) is 15.3 Å². The van der Waals surface area contributed by atoms with Gasteiger partial charge in [0, 0.05) is 17.9 Å². The third-order valence-corrected chi connectivity index (χ3v) is 8.86. The Kier molecular flexibility index (Phi) is 8.75. The Hall–Kier alpha value is -4.73. The number of nitrogens with zero attached hydrogens (tertiary/aromatic N) is 2. The second-order valence-corrected chi connectivity index (χ2v) is 12.0. The number of allylic oxidation sites excluding steroid dienone is 1. The predicted octanol–water partition coefficient (Wildman–Crippen LogP) is 6.25. The third kappa shape index (κ3) is 6.38. The van der Waals surface area contributed by atoms with E-state index in [-0.39, 0.29) is 35.7 Å². The fourth-order valence-corrected chi connectivity index (χ4v) is 6.31.